The zero-order valence-corrected chi connectivity index (χ0v) is 11.7. The van der Waals surface area contributed by atoms with E-state index in [-0.39, 0.29) is 5.91 Å². The first kappa shape index (κ1) is 14.5. The fourth-order valence-corrected chi connectivity index (χ4v) is 1.86. The molecule has 0 aliphatic carbocycles. The Labute approximate surface area is 109 Å². The summed E-state index contributed by atoms with van der Waals surface area (Å²) < 4.78 is 0. The molecule has 0 fully saturated rings. The molecule has 0 bridgehead atoms. The second-order valence-corrected chi connectivity index (χ2v) is 4.96. The van der Waals surface area contributed by atoms with E-state index in [1.807, 2.05) is 34.1 Å². The van der Waals surface area contributed by atoms with Crippen molar-refractivity contribution in [1.82, 2.24) is 9.80 Å². The Morgan fingerprint density at radius 1 is 1.22 bits per heavy atom. The molecule has 18 heavy (non-hydrogen) atoms. The lowest BCUT2D eigenvalue weighted by Gasteiger charge is -2.19. The second kappa shape index (κ2) is 6.40. The van der Waals surface area contributed by atoms with Gasteiger partial charge in [-0.1, -0.05) is 0 Å². The lowest BCUT2D eigenvalue weighted by Crippen LogP contribution is -2.30. The van der Waals surface area contributed by atoms with E-state index >= 15 is 0 Å². The van der Waals surface area contributed by atoms with Crippen LogP contribution in [0.1, 0.15) is 22.3 Å². The SMILES string of the molecule is Cc1cc(N)ccc1C(=O)N(C)CCCN(C)C. The summed E-state index contributed by atoms with van der Waals surface area (Å²) in [7, 11) is 5.91. The maximum atomic E-state index is 12.2. The van der Waals surface area contributed by atoms with Crippen LogP contribution in [0.2, 0.25) is 0 Å². The minimum Gasteiger partial charge on any atom is -0.399 e. The number of nitrogens with two attached hydrogens (primary N) is 1. The van der Waals surface area contributed by atoms with Gasteiger partial charge in [0, 0.05) is 24.8 Å². The highest BCUT2D eigenvalue weighted by Crippen LogP contribution is 2.14. The Bertz CT molecular complexity index is 416. The van der Waals surface area contributed by atoms with Gasteiger partial charge >= 0.3 is 0 Å². The maximum Gasteiger partial charge on any atom is 0.253 e. The van der Waals surface area contributed by atoms with E-state index in [4.69, 9.17) is 5.73 Å². The number of rotatable bonds is 5. The van der Waals surface area contributed by atoms with Gasteiger partial charge < -0.3 is 15.5 Å². The van der Waals surface area contributed by atoms with E-state index < -0.39 is 0 Å². The molecule has 100 valence electrons. The Morgan fingerprint density at radius 2 is 1.89 bits per heavy atom. The molecule has 0 saturated carbocycles. The summed E-state index contributed by atoms with van der Waals surface area (Å²) in [4.78, 5) is 16.1. The van der Waals surface area contributed by atoms with Crippen molar-refractivity contribution in [2.45, 2.75) is 13.3 Å². The van der Waals surface area contributed by atoms with E-state index in [2.05, 4.69) is 4.90 Å². The monoisotopic (exact) mass is 249 g/mol. The van der Waals surface area contributed by atoms with Crippen molar-refractivity contribution in [2.75, 3.05) is 40.0 Å². The van der Waals surface area contributed by atoms with Crippen LogP contribution in [0.25, 0.3) is 0 Å². The molecule has 0 saturated heterocycles. The molecule has 1 aromatic carbocycles. The van der Waals surface area contributed by atoms with Gasteiger partial charge in [-0.25, -0.2) is 0 Å². The van der Waals surface area contributed by atoms with Crippen LogP contribution in [0.4, 0.5) is 5.69 Å². The lowest BCUT2D eigenvalue weighted by atomic mass is 10.1. The van der Waals surface area contributed by atoms with Crippen LogP contribution < -0.4 is 5.73 Å². The summed E-state index contributed by atoms with van der Waals surface area (Å²) in [5, 5.41) is 0. The summed E-state index contributed by atoms with van der Waals surface area (Å²) in [6.07, 6.45) is 0.975. The van der Waals surface area contributed by atoms with Crippen LogP contribution in [0, 0.1) is 6.92 Å². The zero-order chi connectivity index (χ0) is 13.7. The van der Waals surface area contributed by atoms with Gasteiger partial charge in [-0.15, -0.1) is 0 Å². The fourth-order valence-electron chi connectivity index (χ4n) is 1.86. The Morgan fingerprint density at radius 3 is 2.44 bits per heavy atom. The number of aryl methyl sites for hydroxylation is 1. The first-order valence-corrected chi connectivity index (χ1v) is 6.18. The molecule has 4 heteroatoms. The number of nitrogen functional groups attached to an aromatic ring is 1. The van der Waals surface area contributed by atoms with E-state index in [0.29, 0.717) is 5.69 Å². The molecule has 0 unspecified atom stereocenters. The number of carbonyl (C=O) groups is 1. The van der Waals surface area contributed by atoms with Gasteiger partial charge in [0.05, 0.1) is 0 Å². The van der Waals surface area contributed by atoms with Crippen LogP contribution >= 0.6 is 0 Å². The van der Waals surface area contributed by atoms with Crippen molar-refractivity contribution in [2.24, 2.45) is 0 Å². The minimum absolute atomic E-state index is 0.0613. The number of benzene rings is 1. The number of carbonyl (C=O) groups excluding carboxylic acids is 1. The van der Waals surface area contributed by atoms with E-state index in [1.165, 1.54) is 0 Å². The minimum atomic E-state index is 0.0613. The Hall–Kier alpha value is -1.55. The summed E-state index contributed by atoms with van der Waals surface area (Å²) in [5.74, 6) is 0.0613. The standard InChI is InChI=1S/C14H23N3O/c1-11-10-12(15)6-7-13(11)14(18)17(4)9-5-8-16(2)3/h6-7,10H,5,8-9,15H2,1-4H3. The number of hydrogen-bond acceptors (Lipinski definition) is 3. The third kappa shape index (κ3) is 4.04. The quantitative estimate of drug-likeness (QED) is 0.806. The summed E-state index contributed by atoms with van der Waals surface area (Å²) in [6, 6.07) is 5.41. The van der Waals surface area contributed by atoms with Gasteiger partial charge in [0.25, 0.3) is 5.91 Å². The highest BCUT2D eigenvalue weighted by molar-refractivity contribution is 5.95. The summed E-state index contributed by atoms with van der Waals surface area (Å²) in [6.45, 7) is 3.66. The fraction of sp³-hybridized carbons (Fsp3) is 0.500. The molecule has 2 N–H and O–H groups in total. The number of nitrogens with zero attached hydrogens (tertiary/aromatic N) is 2. The molecule has 0 heterocycles. The van der Waals surface area contributed by atoms with Gasteiger partial charge in [-0.05, 0) is 57.7 Å². The maximum absolute atomic E-state index is 12.2. The first-order valence-electron chi connectivity index (χ1n) is 6.18. The molecule has 0 spiro atoms. The molecule has 0 aliphatic heterocycles. The molecule has 0 aliphatic rings. The van der Waals surface area contributed by atoms with Crippen molar-refractivity contribution in [1.29, 1.82) is 0 Å². The smallest absolute Gasteiger partial charge is 0.253 e. The predicted octanol–water partition coefficient (Wildman–Crippen LogP) is 1.60. The van der Waals surface area contributed by atoms with Gasteiger partial charge in [-0.3, -0.25) is 4.79 Å². The largest absolute Gasteiger partial charge is 0.399 e. The average molecular weight is 249 g/mol. The molecule has 1 rings (SSSR count). The molecule has 1 aromatic rings. The lowest BCUT2D eigenvalue weighted by molar-refractivity contribution is 0.0790. The number of anilines is 1. The molecule has 1 amide bonds. The molecule has 0 radical (unpaired) electrons. The van der Waals surface area contributed by atoms with Crippen LogP contribution in [0.5, 0.6) is 0 Å². The van der Waals surface area contributed by atoms with Crippen molar-refractivity contribution < 1.29 is 4.79 Å². The van der Waals surface area contributed by atoms with Gasteiger partial charge in [0.15, 0.2) is 0 Å². The number of hydrogen-bond donors (Lipinski definition) is 1. The highest BCUT2D eigenvalue weighted by Gasteiger charge is 2.13. The molecule has 0 aromatic heterocycles. The van der Waals surface area contributed by atoms with Crippen molar-refractivity contribution in [3.05, 3.63) is 29.3 Å². The van der Waals surface area contributed by atoms with Crippen LogP contribution in [-0.2, 0) is 0 Å². The normalized spacial score (nSPS) is 10.7. The van der Waals surface area contributed by atoms with Crippen LogP contribution in [-0.4, -0.2) is 49.9 Å². The van der Waals surface area contributed by atoms with E-state index in [1.54, 1.807) is 17.0 Å². The second-order valence-electron chi connectivity index (χ2n) is 4.96. The van der Waals surface area contributed by atoms with Gasteiger partial charge in [-0.2, -0.15) is 0 Å². The molecular formula is C14H23N3O. The predicted molar refractivity (Wildman–Crippen MR) is 75.7 cm³/mol. The third-order valence-corrected chi connectivity index (χ3v) is 2.93. The van der Waals surface area contributed by atoms with Gasteiger partial charge in [0.2, 0.25) is 0 Å². The van der Waals surface area contributed by atoms with Crippen LogP contribution in [0.15, 0.2) is 18.2 Å². The summed E-state index contributed by atoms with van der Waals surface area (Å²) in [5.41, 5.74) is 8.04. The van der Waals surface area contributed by atoms with Crippen LogP contribution in [0.3, 0.4) is 0 Å². The third-order valence-electron chi connectivity index (χ3n) is 2.93. The van der Waals surface area contributed by atoms with Gasteiger partial charge in [0.1, 0.15) is 0 Å². The molecule has 4 nitrogen and oxygen atoms in total. The van der Waals surface area contributed by atoms with Crippen molar-refractivity contribution in [3.63, 3.8) is 0 Å². The average Bonchev–Trinajstić information content (AvgIpc) is 2.27. The van der Waals surface area contributed by atoms with Crippen molar-refractivity contribution in [3.8, 4) is 0 Å². The topological polar surface area (TPSA) is 49.6 Å². The van der Waals surface area contributed by atoms with Crippen molar-refractivity contribution >= 4 is 11.6 Å². The first-order chi connectivity index (χ1) is 8.41. The highest BCUT2D eigenvalue weighted by atomic mass is 16.2. The molecular weight excluding hydrogens is 226 g/mol. The molecule has 0 atom stereocenters. The number of amides is 1. The van der Waals surface area contributed by atoms with E-state index in [9.17, 15) is 4.79 Å². The Kier molecular flexibility index (Phi) is 5.16. The zero-order valence-electron chi connectivity index (χ0n) is 11.7. The Balaban J connectivity index is 2.63. The van der Waals surface area contributed by atoms with E-state index in [0.717, 1.165) is 30.6 Å². The summed E-state index contributed by atoms with van der Waals surface area (Å²) >= 11 is 0.